The van der Waals surface area contributed by atoms with Crippen molar-refractivity contribution in [1.29, 1.82) is 0 Å². The summed E-state index contributed by atoms with van der Waals surface area (Å²) in [6.07, 6.45) is -4.32. The zero-order valence-electron chi connectivity index (χ0n) is 8.66. The van der Waals surface area contributed by atoms with Crippen LogP contribution in [0.5, 0.6) is 0 Å². The molecule has 1 rings (SSSR count). The standard InChI is InChI=1S/C8H12F3N3O2/c1-6-12-13-7(16-6)4-14(2-3-15)5-8(9,10)11/h15H,2-5H2,1H3. The molecule has 0 aliphatic carbocycles. The number of nitrogens with zero attached hydrogens (tertiary/aromatic N) is 3. The molecule has 0 spiro atoms. The number of rotatable bonds is 5. The zero-order chi connectivity index (χ0) is 12.2. The lowest BCUT2D eigenvalue weighted by Crippen LogP contribution is -2.35. The minimum atomic E-state index is -4.32. The molecule has 0 aliphatic heterocycles. The first-order valence-corrected chi connectivity index (χ1v) is 4.59. The van der Waals surface area contributed by atoms with Crippen molar-refractivity contribution in [3.05, 3.63) is 11.8 Å². The molecule has 16 heavy (non-hydrogen) atoms. The van der Waals surface area contributed by atoms with E-state index in [2.05, 4.69) is 10.2 Å². The van der Waals surface area contributed by atoms with E-state index in [9.17, 15) is 13.2 Å². The van der Waals surface area contributed by atoms with Crippen LogP contribution in [0.3, 0.4) is 0 Å². The Labute approximate surface area is 89.9 Å². The fraction of sp³-hybridized carbons (Fsp3) is 0.750. The highest BCUT2D eigenvalue weighted by Crippen LogP contribution is 2.17. The van der Waals surface area contributed by atoms with E-state index < -0.39 is 12.7 Å². The Kier molecular flexibility index (Phi) is 4.25. The number of aromatic nitrogens is 2. The molecule has 0 radical (unpaired) electrons. The van der Waals surface area contributed by atoms with Crippen LogP contribution in [0, 0.1) is 6.92 Å². The maximum atomic E-state index is 12.1. The molecule has 0 amide bonds. The van der Waals surface area contributed by atoms with Crippen LogP contribution in [-0.2, 0) is 6.54 Å². The van der Waals surface area contributed by atoms with E-state index in [1.807, 2.05) is 0 Å². The van der Waals surface area contributed by atoms with Gasteiger partial charge in [-0.05, 0) is 0 Å². The highest BCUT2D eigenvalue weighted by atomic mass is 19.4. The second-order valence-corrected chi connectivity index (χ2v) is 3.26. The van der Waals surface area contributed by atoms with Gasteiger partial charge in [0.2, 0.25) is 11.8 Å². The predicted octanol–water partition coefficient (Wildman–Crippen LogP) is 0.735. The van der Waals surface area contributed by atoms with Crippen molar-refractivity contribution in [2.75, 3.05) is 19.7 Å². The average Bonchev–Trinajstić information content (AvgIpc) is 2.48. The summed E-state index contributed by atoms with van der Waals surface area (Å²) in [5.74, 6) is 0.404. The zero-order valence-corrected chi connectivity index (χ0v) is 8.66. The second kappa shape index (κ2) is 5.26. The van der Waals surface area contributed by atoms with Gasteiger partial charge in [-0.3, -0.25) is 4.90 Å². The van der Waals surface area contributed by atoms with Crippen molar-refractivity contribution in [3.63, 3.8) is 0 Å². The maximum absolute atomic E-state index is 12.1. The van der Waals surface area contributed by atoms with Crippen LogP contribution in [0.4, 0.5) is 13.2 Å². The number of hydrogen-bond donors (Lipinski definition) is 1. The smallest absolute Gasteiger partial charge is 0.401 e. The second-order valence-electron chi connectivity index (χ2n) is 3.26. The van der Waals surface area contributed by atoms with E-state index in [0.717, 1.165) is 4.90 Å². The summed E-state index contributed by atoms with van der Waals surface area (Å²) in [6, 6.07) is 0. The summed E-state index contributed by atoms with van der Waals surface area (Å²) in [7, 11) is 0. The van der Waals surface area contributed by atoms with Gasteiger partial charge in [-0.15, -0.1) is 10.2 Å². The number of aliphatic hydroxyl groups is 1. The molecule has 1 aromatic heterocycles. The lowest BCUT2D eigenvalue weighted by atomic mass is 10.4. The van der Waals surface area contributed by atoms with Crippen molar-refractivity contribution in [2.45, 2.75) is 19.6 Å². The van der Waals surface area contributed by atoms with Crippen molar-refractivity contribution in [2.24, 2.45) is 0 Å². The van der Waals surface area contributed by atoms with Gasteiger partial charge in [0.15, 0.2) is 0 Å². The van der Waals surface area contributed by atoms with E-state index in [0.29, 0.717) is 5.89 Å². The van der Waals surface area contributed by atoms with Gasteiger partial charge in [-0.25, -0.2) is 0 Å². The average molecular weight is 239 g/mol. The molecule has 0 atom stereocenters. The van der Waals surface area contributed by atoms with Crippen LogP contribution in [0.2, 0.25) is 0 Å². The van der Waals surface area contributed by atoms with Crippen LogP contribution < -0.4 is 0 Å². The molecule has 0 fully saturated rings. The molecular formula is C8H12F3N3O2. The fourth-order valence-corrected chi connectivity index (χ4v) is 1.20. The van der Waals surface area contributed by atoms with Crippen molar-refractivity contribution in [1.82, 2.24) is 15.1 Å². The Morgan fingerprint density at radius 2 is 2.06 bits per heavy atom. The maximum Gasteiger partial charge on any atom is 0.401 e. The van der Waals surface area contributed by atoms with Crippen LogP contribution >= 0.6 is 0 Å². The fourth-order valence-electron chi connectivity index (χ4n) is 1.20. The first-order valence-electron chi connectivity index (χ1n) is 4.59. The number of halogens is 3. The molecule has 1 N–H and O–H groups in total. The molecule has 5 nitrogen and oxygen atoms in total. The van der Waals surface area contributed by atoms with E-state index in [1.165, 1.54) is 0 Å². The van der Waals surface area contributed by atoms with Gasteiger partial charge in [-0.1, -0.05) is 0 Å². The van der Waals surface area contributed by atoms with E-state index in [1.54, 1.807) is 6.92 Å². The highest BCUT2D eigenvalue weighted by Gasteiger charge is 2.31. The van der Waals surface area contributed by atoms with Crippen LogP contribution in [0.15, 0.2) is 4.42 Å². The Morgan fingerprint density at radius 3 is 2.50 bits per heavy atom. The Bertz CT molecular complexity index is 327. The third-order valence-electron chi connectivity index (χ3n) is 1.75. The van der Waals surface area contributed by atoms with E-state index >= 15 is 0 Å². The summed E-state index contributed by atoms with van der Waals surface area (Å²) in [5, 5.41) is 15.7. The van der Waals surface area contributed by atoms with Crippen molar-refractivity contribution < 1.29 is 22.7 Å². The third kappa shape index (κ3) is 4.58. The van der Waals surface area contributed by atoms with E-state index in [-0.39, 0.29) is 25.6 Å². The molecular weight excluding hydrogens is 227 g/mol. The lowest BCUT2D eigenvalue weighted by Gasteiger charge is -2.20. The Hall–Kier alpha value is -1.15. The Balaban J connectivity index is 2.57. The molecule has 0 saturated carbocycles. The lowest BCUT2D eigenvalue weighted by molar-refractivity contribution is -0.148. The summed E-state index contributed by atoms with van der Waals surface area (Å²) >= 11 is 0. The van der Waals surface area contributed by atoms with Gasteiger partial charge < -0.3 is 9.52 Å². The molecule has 0 aliphatic rings. The monoisotopic (exact) mass is 239 g/mol. The molecule has 0 unspecified atom stereocenters. The topological polar surface area (TPSA) is 62.4 Å². The Morgan fingerprint density at radius 1 is 1.38 bits per heavy atom. The predicted molar refractivity (Wildman–Crippen MR) is 47.5 cm³/mol. The van der Waals surface area contributed by atoms with Gasteiger partial charge in [-0.2, -0.15) is 13.2 Å². The van der Waals surface area contributed by atoms with Crippen molar-refractivity contribution >= 4 is 0 Å². The molecule has 1 heterocycles. The molecule has 1 aromatic rings. The van der Waals surface area contributed by atoms with E-state index in [4.69, 9.17) is 9.52 Å². The quantitative estimate of drug-likeness (QED) is 0.820. The highest BCUT2D eigenvalue weighted by molar-refractivity contribution is 4.79. The molecule has 92 valence electrons. The summed E-state index contributed by atoms with van der Waals surface area (Å²) in [4.78, 5) is 0.993. The first kappa shape index (κ1) is 12.9. The molecule has 0 aromatic carbocycles. The molecule has 0 saturated heterocycles. The summed E-state index contributed by atoms with van der Waals surface area (Å²) in [5.41, 5.74) is 0. The van der Waals surface area contributed by atoms with Gasteiger partial charge in [0.05, 0.1) is 19.7 Å². The third-order valence-corrected chi connectivity index (χ3v) is 1.75. The number of aliphatic hydroxyl groups excluding tert-OH is 1. The van der Waals surface area contributed by atoms with Gasteiger partial charge in [0.1, 0.15) is 0 Å². The molecule has 8 heteroatoms. The number of alkyl halides is 3. The normalized spacial score (nSPS) is 12.4. The van der Waals surface area contributed by atoms with Crippen LogP contribution in [-0.4, -0.2) is 46.1 Å². The number of aryl methyl sites for hydroxylation is 1. The summed E-state index contributed by atoms with van der Waals surface area (Å²) in [6.45, 7) is -0.142. The van der Waals surface area contributed by atoms with Crippen LogP contribution in [0.25, 0.3) is 0 Å². The largest absolute Gasteiger partial charge is 0.424 e. The van der Waals surface area contributed by atoms with Crippen LogP contribution in [0.1, 0.15) is 11.8 Å². The van der Waals surface area contributed by atoms with Gasteiger partial charge in [0, 0.05) is 13.5 Å². The minimum Gasteiger partial charge on any atom is -0.424 e. The first-order chi connectivity index (χ1) is 7.40. The minimum absolute atomic E-state index is 0.0963. The SMILES string of the molecule is Cc1nnc(CN(CCO)CC(F)(F)F)o1. The summed E-state index contributed by atoms with van der Waals surface area (Å²) < 4.78 is 41.4. The molecule has 0 bridgehead atoms. The van der Waals surface area contributed by atoms with Gasteiger partial charge >= 0.3 is 6.18 Å². The van der Waals surface area contributed by atoms with Crippen molar-refractivity contribution in [3.8, 4) is 0 Å². The number of hydrogen-bond acceptors (Lipinski definition) is 5. The van der Waals surface area contributed by atoms with Gasteiger partial charge in [0.25, 0.3) is 0 Å².